The Morgan fingerprint density at radius 3 is 2.82 bits per heavy atom. The highest BCUT2D eigenvalue weighted by atomic mass is 15.1. The normalized spacial score (nSPS) is 19.0. The predicted octanol–water partition coefficient (Wildman–Crippen LogP) is 2.71. The van der Waals surface area contributed by atoms with Crippen molar-refractivity contribution in [2.75, 3.05) is 5.73 Å². The smallest absolute Gasteiger partial charge is 0.109 e. The zero-order valence-corrected chi connectivity index (χ0v) is 10.1. The lowest BCUT2D eigenvalue weighted by Gasteiger charge is -2.18. The van der Waals surface area contributed by atoms with Crippen LogP contribution in [0.3, 0.4) is 0 Å². The third-order valence-electron chi connectivity index (χ3n) is 3.46. The number of rotatable bonds is 1. The summed E-state index contributed by atoms with van der Waals surface area (Å²) >= 11 is 0. The van der Waals surface area contributed by atoms with Crippen molar-refractivity contribution in [1.29, 1.82) is 0 Å². The van der Waals surface area contributed by atoms with Crippen LogP contribution in [0.5, 0.6) is 0 Å². The molecule has 3 rings (SSSR count). The van der Waals surface area contributed by atoms with E-state index in [1.54, 1.807) is 0 Å². The fourth-order valence-electron chi connectivity index (χ4n) is 2.38. The van der Waals surface area contributed by atoms with Crippen molar-refractivity contribution in [2.45, 2.75) is 26.3 Å². The quantitative estimate of drug-likeness (QED) is 0.761. The monoisotopic (exact) mass is 227 g/mol. The van der Waals surface area contributed by atoms with Gasteiger partial charge < -0.3 is 10.3 Å². The summed E-state index contributed by atoms with van der Waals surface area (Å²) in [4.78, 5) is 4.72. The molecule has 2 heterocycles. The van der Waals surface area contributed by atoms with Gasteiger partial charge in [-0.05, 0) is 24.5 Å². The Bertz CT molecular complexity index is 525. The van der Waals surface area contributed by atoms with Crippen LogP contribution in [0.25, 0.3) is 11.3 Å². The zero-order chi connectivity index (χ0) is 11.8. The van der Waals surface area contributed by atoms with Crippen molar-refractivity contribution >= 4 is 5.69 Å². The highest BCUT2D eigenvalue weighted by Gasteiger charge is 2.17. The van der Waals surface area contributed by atoms with Gasteiger partial charge in [-0.3, -0.25) is 0 Å². The number of anilines is 1. The second-order valence-corrected chi connectivity index (χ2v) is 4.96. The molecule has 1 aromatic carbocycles. The van der Waals surface area contributed by atoms with Crippen LogP contribution in [-0.2, 0) is 13.0 Å². The molecule has 0 fully saturated rings. The Balaban J connectivity index is 1.97. The van der Waals surface area contributed by atoms with Crippen molar-refractivity contribution in [3.63, 3.8) is 0 Å². The maximum Gasteiger partial charge on any atom is 0.109 e. The first-order valence-electron chi connectivity index (χ1n) is 6.14. The Kier molecular flexibility index (Phi) is 2.39. The van der Waals surface area contributed by atoms with Gasteiger partial charge in [0.1, 0.15) is 5.82 Å². The van der Waals surface area contributed by atoms with Crippen molar-refractivity contribution in [1.82, 2.24) is 9.55 Å². The number of nitrogens with two attached hydrogens (primary N) is 1. The Hall–Kier alpha value is -1.77. The summed E-state index contributed by atoms with van der Waals surface area (Å²) in [6.07, 6.45) is 4.51. The van der Waals surface area contributed by atoms with E-state index in [1.165, 1.54) is 12.2 Å². The largest absolute Gasteiger partial charge is 0.399 e. The van der Waals surface area contributed by atoms with E-state index in [-0.39, 0.29) is 0 Å². The van der Waals surface area contributed by atoms with E-state index in [0.29, 0.717) is 0 Å². The molecule has 0 bridgehead atoms. The van der Waals surface area contributed by atoms with E-state index in [4.69, 9.17) is 10.7 Å². The SMILES string of the molecule is CC1CCn2cc(-c3ccc(N)cc3)nc2C1. The minimum absolute atomic E-state index is 0.754. The summed E-state index contributed by atoms with van der Waals surface area (Å²) in [5, 5.41) is 0. The second-order valence-electron chi connectivity index (χ2n) is 4.96. The standard InChI is InChI=1S/C14H17N3/c1-10-6-7-17-9-13(16-14(17)8-10)11-2-4-12(15)5-3-11/h2-5,9-10H,6-8,15H2,1H3. The highest BCUT2D eigenvalue weighted by molar-refractivity contribution is 5.61. The Labute approximate surface area is 101 Å². The van der Waals surface area contributed by atoms with Crippen LogP contribution in [0.2, 0.25) is 0 Å². The van der Waals surface area contributed by atoms with E-state index in [2.05, 4.69) is 17.7 Å². The van der Waals surface area contributed by atoms with Gasteiger partial charge >= 0.3 is 0 Å². The second kappa shape index (κ2) is 3.91. The average Bonchev–Trinajstić information content (AvgIpc) is 2.72. The van der Waals surface area contributed by atoms with Crippen LogP contribution in [0, 0.1) is 5.92 Å². The van der Waals surface area contributed by atoms with E-state index < -0.39 is 0 Å². The van der Waals surface area contributed by atoms with Crippen LogP contribution in [0.15, 0.2) is 30.5 Å². The summed E-state index contributed by atoms with van der Waals surface area (Å²) in [6.45, 7) is 3.39. The molecule has 88 valence electrons. The molecule has 1 atom stereocenters. The van der Waals surface area contributed by atoms with Crippen LogP contribution in [-0.4, -0.2) is 9.55 Å². The lowest BCUT2D eigenvalue weighted by molar-refractivity contribution is 0.409. The van der Waals surface area contributed by atoms with Gasteiger partial charge in [-0.25, -0.2) is 4.98 Å². The third kappa shape index (κ3) is 1.93. The molecule has 0 spiro atoms. The highest BCUT2D eigenvalue weighted by Crippen LogP contribution is 2.25. The van der Waals surface area contributed by atoms with E-state index >= 15 is 0 Å². The molecule has 0 aliphatic carbocycles. The molecule has 2 aromatic rings. The van der Waals surface area contributed by atoms with Gasteiger partial charge in [0.25, 0.3) is 0 Å². The summed E-state index contributed by atoms with van der Waals surface area (Å²) in [7, 11) is 0. The molecular weight excluding hydrogens is 210 g/mol. The maximum absolute atomic E-state index is 5.69. The summed E-state index contributed by atoms with van der Waals surface area (Å²) in [5.41, 5.74) is 8.70. The first-order chi connectivity index (χ1) is 8.22. The number of benzene rings is 1. The van der Waals surface area contributed by atoms with Gasteiger partial charge in [0.15, 0.2) is 0 Å². The maximum atomic E-state index is 5.69. The van der Waals surface area contributed by atoms with Crippen LogP contribution in [0.1, 0.15) is 19.2 Å². The van der Waals surface area contributed by atoms with Gasteiger partial charge in [0.05, 0.1) is 5.69 Å². The predicted molar refractivity (Wildman–Crippen MR) is 69.6 cm³/mol. The van der Waals surface area contributed by atoms with Gasteiger partial charge in [0, 0.05) is 30.4 Å². The van der Waals surface area contributed by atoms with Crippen LogP contribution in [0.4, 0.5) is 5.69 Å². The van der Waals surface area contributed by atoms with Crippen molar-refractivity contribution < 1.29 is 0 Å². The number of imidazole rings is 1. The lowest BCUT2D eigenvalue weighted by Crippen LogP contribution is -2.16. The number of hydrogen-bond donors (Lipinski definition) is 1. The number of hydrogen-bond acceptors (Lipinski definition) is 2. The molecule has 3 heteroatoms. The van der Waals surface area contributed by atoms with Crippen LogP contribution >= 0.6 is 0 Å². The van der Waals surface area contributed by atoms with E-state index in [9.17, 15) is 0 Å². The minimum atomic E-state index is 0.754. The number of aryl methyl sites for hydroxylation is 1. The number of fused-ring (bicyclic) bond motifs is 1. The molecule has 1 aromatic heterocycles. The number of nitrogens with zero attached hydrogens (tertiary/aromatic N) is 2. The third-order valence-corrected chi connectivity index (χ3v) is 3.46. The Morgan fingerprint density at radius 2 is 2.06 bits per heavy atom. The van der Waals surface area contributed by atoms with Gasteiger partial charge in [-0.2, -0.15) is 0 Å². The average molecular weight is 227 g/mol. The Morgan fingerprint density at radius 1 is 1.29 bits per heavy atom. The molecule has 1 aliphatic heterocycles. The van der Waals surface area contributed by atoms with E-state index in [0.717, 1.165) is 35.8 Å². The fraction of sp³-hybridized carbons (Fsp3) is 0.357. The van der Waals surface area contributed by atoms with Crippen LogP contribution < -0.4 is 5.73 Å². The van der Waals surface area contributed by atoms with E-state index in [1.807, 2.05) is 24.3 Å². The first kappa shape index (κ1) is 10.4. The fourth-order valence-corrected chi connectivity index (χ4v) is 2.38. The van der Waals surface area contributed by atoms with Crippen molar-refractivity contribution in [3.05, 3.63) is 36.3 Å². The molecular formula is C14H17N3. The van der Waals surface area contributed by atoms with Gasteiger partial charge in [-0.15, -0.1) is 0 Å². The van der Waals surface area contributed by atoms with Crippen molar-refractivity contribution in [3.8, 4) is 11.3 Å². The molecule has 17 heavy (non-hydrogen) atoms. The summed E-state index contributed by atoms with van der Waals surface area (Å²) in [5.74, 6) is 1.97. The number of aromatic nitrogens is 2. The molecule has 2 N–H and O–H groups in total. The molecule has 1 unspecified atom stereocenters. The molecule has 0 saturated heterocycles. The molecule has 1 aliphatic rings. The summed E-state index contributed by atoms with van der Waals surface area (Å²) in [6, 6.07) is 7.92. The van der Waals surface area contributed by atoms with Gasteiger partial charge in [-0.1, -0.05) is 19.1 Å². The first-order valence-corrected chi connectivity index (χ1v) is 6.14. The molecule has 0 amide bonds. The van der Waals surface area contributed by atoms with Gasteiger partial charge in [0.2, 0.25) is 0 Å². The number of nitrogen functional groups attached to an aromatic ring is 1. The van der Waals surface area contributed by atoms with Crippen molar-refractivity contribution in [2.24, 2.45) is 5.92 Å². The molecule has 0 saturated carbocycles. The zero-order valence-electron chi connectivity index (χ0n) is 10.1. The molecule has 3 nitrogen and oxygen atoms in total. The minimum Gasteiger partial charge on any atom is -0.399 e. The lowest BCUT2D eigenvalue weighted by atomic mass is 10.0. The topological polar surface area (TPSA) is 43.8 Å². The molecule has 0 radical (unpaired) electrons. The summed E-state index contributed by atoms with van der Waals surface area (Å²) < 4.78 is 2.28.